The topological polar surface area (TPSA) is 50.9 Å². The Morgan fingerprint density at radius 3 is 2.57 bits per heavy atom. The van der Waals surface area contributed by atoms with Crippen LogP contribution in [0.1, 0.15) is 34.9 Å². The van der Waals surface area contributed by atoms with Crippen LogP contribution in [0.25, 0.3) is 0 Å². The van der Waals surface area contributed by atoms with E-state index in [1.807, 2.05) is 19.9 Å². The summed E-state index contributed by atoms with van der Waals surface area (Å²) in [6.07, 6.45) is 0.956. The fourth-order valence-electron chi connectivity index (χ4n) is 2.56. The van der Waals surface area contributed by atoms with Crippen LogP contribution in [-0.2, 0) is 6.42 Å². The molecule has 0 saturated heterocycles. The summed E-state index contributed by atoms with van der Waals surface area (Å²) in [6, 6.07) is 8.28. The van der Waals surface area contributed by atoms with Crippen LogP contribution >= 0.6 is 12.2 Å². The van der Waals surface area contributed by atoms with Gasteiger partial charge in [0.15, 0.2) is 0 Å². The molecule has 0 aliphatic heterocycles. The van der Waals surface area contributed by atoms with Gasteiger partial charge in [-0.25, -0.2) is 4.98 Å². The molecule has 3 nitrogen and oxygen atoms in total. The zero-order valence-electron chi connectivity index (χ0n) is 12.9. The van der Waals surface area contributed by atoms with E-state index in [4.69, 9.17) is 18.0 Å². The smallest absolute Gasteiger partial charge is 0.141 e. The molecule has 0 spiro atoms. The van der Waals surface area contributed by atoms with Crippen molar-refractivity contribution >= 4 is 28.7 Å². The van der Waals surface area contributed by atoms with Crippen LogP contribution in [0.15, 0.2) is 24.3 Å². The average Bonchev–Trinajstić information content (AvgIpc) is 2.39. The van der Waals surface area contributed by atoms with Gasteiger partial charge >= 0.3 is 0 Å². The van der Waals surface area contributed by atoms with Crippen LogP contribution < -0.4 is 11.1 Å². The lowest BCUT2D eigenvalue weighted by Gasteiger charge is -2.17. The highest BCUT2D eigenvalue weighted by molar-refractivity contribution is 7.80. The SMILES string of the molecule is CCc1cccc(C)c1Nc1nc(C)cc(C)c1C(N)=S. The van der Waals surface area contributed by atoms with Gasteiger partial charge in [-0.3, -0.25) is 0 Å². The summed E-state index contributed by atoms with van der Waals surface area (Å²) in [6.45, 7) is 8.21. The number of hydrogen-bond acceptors (Lipinski definition) is 3. The number of aromatic nitrogens is 1. The molecule has 2 aromatic rings. The number of anilines is 2. The number of aryl methyl sites for hydroxylation is 4. The quantitative estimate of drug-likeness (QED) is 0.839. The number of nitrogens with two attached hydrogens (primary N) is 1. The molecule has 110 valence electrons. The Bertz CT molecular complexity index is 693. The molecule has 2 rings (SSSR count). The predicted molar refractivity (Wildman–Crippen MR) is 93.4 cm³/mol. The van der Waals surface area contributed by atoms with Crippen molar-refractivity contribution in [1.82, 2.24) is 4.98 Å². The summed E-state index contributed by atoms with van der Waals surface area (Å²) < 4.78 is 0. The molecule has 0 aliphatic rings. The van der Waals surface area contributed by atoms with Gasteiger partial charge in [-0.15, -0.1) is 0 Å². The number of hydrogen-bond donors (Lipinski definition) is 2. The lowest BCUT2D eigenvalue weighted by molar-refractivity contribution is 1.12. The second kappa shape index (κ2) is 6.22. The third kappa shape index (κ3) is 3.22. The van der Waals surface area contributed by atoms with Crippen LogP contribution in [0.5, 0.6) is 0 Å². The summed E-state index contributed by atoms with van der Waals surface area (Å²) in [5, 5.41) is 3.44. The first kappa shape index (κ1) is 15.4. The number of thiocarbonyl (C=S) groups is 1. The number of nitrogens with one attached hydrogen (secondary N) is 1. The van der Waals surface area contributed by atoms with Gasteiger partial charge < -0.3 is 11.1 Å². The second-order valence-electron chi connectivity index (χ2n) is 5.26. The van der Waals surface area contributed by atoms with Crippen molar-refractivity contribution in [3.63, 3.8) is 0 Å². The monoisotopic (exact) mass is 299 g/mol. The van der Waals surface area contributed by atoms with E-state index in [0.717, 1.165) is 34.7 Å². The first-order valence-electron chi connectivity index (χ1n) is 7.07. The van der Waals surface area contributed by atoms with Crippen LogP contribution in [0.3, 0.4) is 0 Å². The molecule has 1 heterocycles. The van der Waals surface area contributed by atoms with Crippen molar-refractivity contribution in [2.45, 2.75) is 34.1 Å². The molecule has 1 aromatic heterocycles. The second-order valence-corrected chi connectivity index (χ2v) is 5.70. The molecule has 0 unspecified atom stereocenters. The standard InChI is InChI=1S/C17H21N3S/c1-5-13-8-6-7-10(2)15(13)20-17-14(16(18)21)11(3)9-12(4)19-17/h6-9H,5H2,1-4H3,(H2,18,21)(H,19,20). The van der Waals surface area contributed by atoms with Crippen LogP contribution in [-0.4, -0.2) is 9.97 Å². The molecular formula is C17H21N3S. The molecule has 0 aliphatic carbocycles. The Hall–Kier alpha value is -1.94. The van der Waals surface area contributed by atoms with E-state index in [0.29, 0.717) is 4.99 Å². The molecule has 0 bridgehead atoms. The minimum atomic E-state index is 0.370. The van der Waals surface area contributed by atoms with Gasteiger partial charge in [0.25, 0.3) is 0 Å². The van der Waals surface area contributed by atoms with Crippen molar-refractivity contribution in [3.05, 3.63) is 52.2 Å². The normalized spacial score (nSPS) is 10.5. The minimum absolute atomic E-state index is 0.370. The Labute approximate surface area is 131 Å². The summed E-state index contributed by atoms with van der Waals surface area (Å²) in [5.41, 5.74) is 12.2. The van der Waals surface area contributed by atoms with Gasteiger partial charge in [-0.05, 0) is 49.9 Å². The van der Waals surface area contributed by atoms with E-state index in [1.54, 1.807) is 0 Å². The van der Waals surface area contributed by atoms with Gasteiger partial charge in [0.1, 0.15) is 10.8 Å². The molecular weight excluding hydrogens is 278 g/mol. The molecule has 0 atom stereocenters. The van der Waals surface area contributed by atoms with Crippen molar-refractivity contribution < 1.29 is 0 Å². The summed E-state index contributed by atoms with van der Waals surface area (Å²) in [4.78, 5) is 4.96. The average molecular weight is 299 g/mol. The Morgan fingerprint density at radius 1 is 1.24 bits per heavy atom. The Balaban J connectivity index is 2.57. The molecule has 0 fully saturated rings. The maximum absolute atomic E-state index is 5.88. The van der Waals surface area contributed by atoms with Gasteiger partial charge in [-0.2, -0.15) is 0 Å². The van der Waals surface area contributed by atoms with Crippen molar-refractivity contribution in [2.75, 3.05) is 5.32 Å². The predicted octanol–water partition coefficient (Wildman–Crippen LogP) is 3.95. The number of pyridine rings is 1. The fraction of sp³-hybridized carbons (Fsp3) is 0.294. The van der Waals surface area contributed by atoms with Crippen molar-refractivity contribution in [1.29, 1.82) is 0 Å². The van der Waals surface area contributed by atoms with Crippen molar-refractivity contribution in [3.8, 4) is 0 Å². The Kier molecular flexibility index (Phi) is 4.58. The molecule has 0 saturated carbocycles. The van der Waals surface area contributed by atoms with E-state index < -0.39 is 0 Å². The fourth-order valence-corrected chi connectivity index (χ4v) is 2.82. The van der Waals surface area contributed by atoms with Crippen LogP contribution in [0.2, 0.25) is 0 Å². The first-order valence-corrected chi connectivity index (χ1v) is 7.48. The van der Waals surface area contributed by atoms with Crippen molar-refractivity contribution in [2.24, 2.45) is 5.73 Å². The van der Waals surface area contributed by atoms with E-state index in [-0.39, 0.29) is 0 Å². The van der Waals surface area contributed by atoms with E-state index in [1.165, 1.54) is 11.1 Å². The van der Waals surface area contributed by atoms with Gasteiger partial charge in [0.2, 0.25) is 0 Å². The van der Waals surface area contributed by atoms with Gasteiger partial charge in [-0.1, -0.05) is 37.3 Å². The third-order valence-electron chi connectivity index (χ3n) is 3.57. The molecule has 1 aromatic carbocycles. The number of rotatable bonds is 4. The van der Waals surface area contributed by atoms with E-state index >= 15 is 0 Å². The maximum atomic E-state index is 5.88. The first-order chi connectivity index (χ1) is 9.93. The lowest BCUT2D eigenvalue weighted by Crippen LogP contribution is -2.16. The summed E-state index contributed by atoms with van der Waals surface area (Å²) in [7, 11) is 0. The molecule has 0 amide bonds. The van der Waals surface area contributed by atoms with Gasteiger partial charge in [0, 0.05) is 11.4 Å². The summed E-state index contributed by atoms with van der Waals surface area (Å²) in [5.74, 6) is 0.740. The molecule has 21 heavy (non-hydrogen) atoms. The van der Waals surface area contributed by atoms with Crippen LogP contribution in [0.4, 0.5) is 11.5 Å². The maximum Gasteiger partial charge on any atom is 0.141 e. The molecule has 3 N–H and O–H groups in total. The Morgan fingerprint density at radius 2 is 1.95 bits per heavy atom. The highest BCUT2D eigenvalue weighted by Gasteiger charge is 2.14. The number of para-hydroxylation sites is 1. The molecule has 4 heteroatoms. The molecule has 0 radical (unpaired) electrons. The van der Waals surface area contributed by atoms with Crippen LogP contribution in [0, 0.1) is 20.8 Å². The zero-order chi connectivity index (χ0) is 15.6. The zero-order valence-corrected chi connectivity index (χ0v) is 13.8. The largest absolute Gasteiger partial charge is 0.389 e. The number of nitrogens with zero attached hydrogens (tertiary/aromatic N) is 1. The highest BCUT2D eigenvalue weighted by atomic mass is 32.1. The highest BCUT2D eigenvalue weighted by Crippen LogP contribution is 2.28. The third-order valence-corrected chi connectivity index (χ3v) is 3.78. The number of benzene rings is 1. The minimum Gasteiger partial charge on any atom is -0.389 e. The summed E-state index contributed by atoms with van der Waals surface area (Å²) >= 11 is 5.19. The lowest BCUT2D eigenvalue weighted by atomic mass is 10.0. The van der Waals surface area contributed by atoms with E-state index in [2.05, 4.69) is 42.3 Å². The van der Waals surface area contributed by atoms with E-state index in [9.17, 15) is 0 Å². The van der Waals surface area contributed by atoms with Gasteiger partial charge in [0.05, 0.1) is 5.56 Å².